The molecule has 0 aliphatic heterocycles. The van der Waals surface area contributed by atoms with Gasteiger partial charge in [0.25, 0.3) is 0 Å². The number of rotatable bonds is 6. The maximum atomic E-state index is 11.5. The fourth-order valence-electron chi connectivity index (χ4n) is 1.68. The first-order valence-corrected chi connectivity index (χ1v) is 6.62. The van der Waals surface area contributed by atoms with Gasteiger partial charge in [0.15, 0.2) is 0 Å². The van der Waals surface area contributed by atoms with Crippen LogP contribution in [0.1, 0.15) is 44.5 Å². The Morgan fingerprint density at radius 1 is 1.22 bits per heavy atom. The Labute approximate surface area is 110 Å². The minimum absolute atomic E-state index is 0.265. The summed E-state index contributed by atoms with van der Waals surface area (Å²) in [6.07, 6.45) is 1.15. The van der Waals surface area contributed by atoms with Gasteiger partial charge in [-0.05, 0) is 44.0 Å². The first kappa shape index (κ1) is 14.6. The van der Waals surface area contributed by atoms with Crippen molar-refractivity contribution in [3.63, 3.8) is 0 Å². The number of ether oxygens (including phenoxy) is 1. The van der Waals surface area contributed by atoms with Gasteiger partial charge in [-0.2, -0.15) is 0 Å². The van der Waals surface area contributed by atoms with Gasteiger partial charge in [-0.25, -0.2) is 4.79 Å². The fourth-order valence-corrected chi connectivity index (χ4v) is 1.68. The molecule has 0 heterocycles. The van der Waals surface area contributed by atoms with Crippen LogP contribution in [0.5, 0.6) is 0 Å². The molecule has 100 valence electrons. The van der Waals surface area contributed by atoms with Crippen molar-refractivity contribution in [3.8, 4) is 0 Å². The molecule has 2 unspecified atom stereocenters. The molecule has 3 nitrogen and oxygen atoms in total. The molecule has 18 heavy (non-hydrogen) atoms. The van der Waals surface area contributed by atoms with E-state index in [9.17, 15) is 4.79 Å². The highest BCUT2D eigenvalue weighted by atomic mass is 16.5. The van der Waals surface area contributed by atoms with Crippen molar-refractivity contribution < 1.29 is 9.53 Å². The van der Waals surface area contributed by atoms with Gasteiger partial charge < -0.3 is 10.1 Å². The number of benzene rings is 1. The molecular weight excluding hydrogens is 226 g/mol. The molecule has 0 saturated heterocycles. The average molecular weight is 249 g/mol. The normalized spacial score (nSPS) is 13.8. The van der Waals surface area contributed by atoms with Gasteiger partial charge >= 0.3 is 5.97 Å². The van der Waals surface area contributed by atoms with Crippen molar-refractivity contribution >= 4 is 11.7 Å². The van der Waals surface area contributed by atoms with Gasteiger partial charge in [-0.1, -0.05) is 20.3 Å². The summed E-state index contributed by atoms with van der Waals surface area (Å²) >= 11 is 0. The van der Waals surface area contributed by atoms with Gasteiger partial charge in [0.2, 0.25) is 0 Å². The lowest BCUT2D eigenvalue weighted by atomic mass is 10.0. The Balaban J connectivity index is 2.63. The Morgan fingerprint density at radius 3 is 2.33 bits per heavy atom. The molecule has 0 saturated carbocycles. The molecule has 1 rings (SSSR count). The third kappa shape index (κ3) is 4.06. The van der Waals surface area contributed by atoms with E-state index in [0.717, 1.165) is 12.1 Å². The monoisotopic (exact) mass is 249 g/mol. The third-order valence-electron chi connectivity index (χ3n) is 3.29. The van der Waals surface area contributed by atoms with Crippen molar-refractivity contribution in [2.24, 2.45) is 5.92 Å². The maximum Gasteiger partial charge on any atom is 0.338 e. The summed E-state index contributed by atoms with van der Waals surface area (Å²) in [6.45, 7) is 8.80. The number of anilines is 1. The molecule has 1 aromatic carbocycles. The number of hydrogen-bond donors (Lipinski definition) is 1. The number of carbonyl (C=O) groups is 1. The van der Waals surface area contributed by atoms with Crippen molar-refractivity contribution in [3.05, 3.63) is 29.8 Å². The minimum atomic E-state index is -0.265. The van der Waals surface area contributed by atoms with E-state index in [4.69, 9.17) is 4.74 Å². The number of esters is 1. The highest BCUT2D eigenvalue weighted by Gasteiger charge is 2.10. The molecular formula is C15H23NO2. The molecule has 0 aliphatic carbocycles. The van der Waals surface area contributed by atoms with E-state index in [1.165, 1.54) is 0 Å². The van der Waals surface area contributed by atoms with Crippen LogP contribution in [0.4, 0.5) is 5.69 Å². The largest absolute Gasteiger partial charge is 0.462 e. The van der Waals surface area contributed by atoms with Gasteiger partial charge in [0.05, 0.1) is 12.2 Å². The zero-order chi connectivity index (χ0) is 13.5. The summed E-state index contributed by atoms with van der Waals surface area (Å²) in [6, 6.07) is 7.85. The SMILES string of the molecule is CCOC(=O)c1ccc(NC(C)C(C)CC)cc1. The number of carbonyl (C=O) groups excluding carboxylic acids is 1. The quantitative estimate of drug-likeness (QED) is 0.781. The van der Waals surface area contributed by atoms with Gasteiger partial charge in [0.1, 0.15) is 0 Å². The number of nitrogens with one attached hydrogen (secondary N) is 1. The van der Waals surface area contributed by atoms with Crippen LogP contribution in [-0.4, -0.2) is 18.6 Å². The molecule has 0 fully saturated rings. The second-order valence-electron chi connectivity index (χ2n) is 4.62. The van der Waals surface area contributed by atoms with Crippen LogP contribution in [0.2, 0.25) is 0 Å². The van der Waals surface area contributed by atoms with Crippen LogP contribution >= 0.6 is 0 Å². The predicted octanol–water partition coefficient (Wildman–Crippen LogP) is 3.71. The Kier molecular flexibility index (Phi) is 5.69. The molecule has 1 aromatic rings. The maximum absolute atomic E-state index is 11.5. The summed E-state index contributed by atoms with van der Waals surface area (Å²) in [5.74, 6) is 0.355. The second kappa shape index (κ2) is 7.04. The minimum Gasteiger partial charge on any atom is -0.462 e. The van der Waals surface area contributed by atoms with E-state index in [1.54, 1.807) is 12.1 Å². The first-order chi connectivity index (χ1) is 8.58. The van der Waals surface area contributed by atoms with E-state index in [-0.39, 0.29) is 5.97 Å². The van der Waals surface area contributed by atoms with Crippen LogP contribution in [0, 0.1) is 5.92 Å². The van der Waals surface area contributed by atoms with Crippen LogP contribution in [-0.2, 0) is 4.74 Å². The van der Waals surface area contributed by atoms with E-state index >= 15 is 0 Å². The summed E-state index contributed by atoms with van der Waals surface area (Å²) < 4.78 is 4.95. The van der Waals surface area contributed by atoms with Gasteiger partial charge in [-0.3, -0.25) is 0 Å². The van der Waals surface area contributed by atoms with Crippen LogP contribution in [0.25, 0.3) is 0 Å². The number of hydrogen-bond acceptors (Lipinski definition) is 3. The molecule has 0 amide bonds. The predicted molar refractivity (Wildman–Crippen MR) is 74.9 cm³/mol. The Bertz CT molecular complexity index is 373. The highest BCUT2D eigenvalue weighted by Crippen LogP contribution is 2.16. The van der Waals surface area contributed by atoms with Gasteiger partial charge in [0, 0.05) is 11.7 Å². The Morgan fingerprint density at radius 2 is 1.83 bits per heavy atom. The topological polar surface area (TPSA) is 38.3 Å². The molecule has 0 aromatic heterocycles. The lowest BCUT2D eigenvalue weighted by Crippen LogP contribution is -2.23. The van der Waals surface area contributed by atoms with Crippen LogP contribution in [0.3, 0.4) is 0 Å². The van der Waals surface area contributed by atoms with E-state index in [1.807, 2.05) is 19.1 Å². The Hall–Kier alpha value is -1.51. The van der Waals surface area contributed by atoms with Gasteiger partial charge in [-0.15, -0.1) is 0 Å². The molecule has 0 radical (unpaired) electrons. The van der Waals surface area contributed by atoms with E-state index in [2.05, 4.69) is 26.1 Å². The van der Waals surface area contributed by atoms with Crippen LogP contribution < -0.4 is 5.32 Å². The molecule has 1 N–H and O–H groups in total. The fraction of sp³-hybridized carbons (Fsp3) is 0.533. The average Bonchev–Trinajstić information content (AvgIpc) is 2.38. The standard InChI is InChI=1S/C15H23NO2/c1-5-11(3)12(4)16-14-9-7-13(8-10-14)15(17)18-6-2/h7-12,16H,5-6H2,1-4H3. The van der Waals surface area contributed by atoms with Crippen molar-refractivity contribution in [2.75, 3.05) is 11.9 Å². The first-order valence-electron chi connectivity index (χ1n) is 6.62. The smallest absolute Gasteiger partial charge is 0.338 e. The zero-order valence-electron chi connectivity index (χ0n) is 11.7. The highest BCUT2D eigenvalue weighted by molar-refractivity contribution is 5.89. The third-order valence-corrected chi connectivity index (χ3v) is 3.29. The van der Waals surface area contributed by atoms with E-state index in [0.29, 0.717) is 24.1 Å². The second-order valence-corrected chi connectivity index (χ2v) is 4.62. The molecule has 0 bridgehead atoms. The van der Waals surface area contributed by atoms with Crippen molar-refractivity contribution in [1.29, 1.82) is 0 Å². The molecule has 0 spiro atoms. The summed E-state index contributed by atoms with van der Waals surface area (Å²) in [4.78, 5) is 11.5. The summed E-state index contributed by atoms with van der Waals surface area (Å²) in [5, 5.41) is 3.44. The van der Waals surface area contributed by atoms with Crippen molar-refractivity contribution in [2.45, 2.75) is 40.2 Å². The molecule has 3 heteroatoms. The molecule has 0 aliphatic rings. The molecule has 2 atom stereocenters. The zero-order valence-corrected chi connectivity index (χ0v) is 11.7. The lowest BCUT2D eigenvalue weighted by molar-refractivity contribution is 0.0526. The lowest BCUT2D eigenvalue weighted by Gasteiger charge is -2.21. The van der Waals surface area contributed by atoms with Crippen LogP contribution in [0.15, 0.2) is 24.3 Å². The summed E-state index contributed by atoms with van der Waals surface area (Å²) in [7, 11) is 0. The van der Waals surface area contributed by atoms with Crippen molar-refractivity contribution in [1.82, 2.24) is 0 Å². The summed E-state index contributed by atoms with van der Waals surface area (Å²) in [5.41, 5.74) is 1.63. The van der Waals surface area contributed by atoms with E-state index < -0.39 is 0 Å².